The summed E-state index contributed by atoms with van der Waals surface area (Å²) in [5.74, 6) is 0.0448. The van der Waals surface area contributed by atoms with E-state index in [1.54, 1.807) is 0 Å². The summed E-state index contributed by atoms with van der Waals surface area (Å²) < 4.78 is 24.0. The molecule has 0 aromatic heterocycles. The van der Waals surface area contributed by atoms with Crippen molar-refractivity contribution in [2.45, 2.75) is 38.6 Å². The molecule has 1 N–H and O–H groups in total. The van der Waals surface area contributed by atoms with Crippen LogP contribution in [0.2, 0.25) is 0 Å². The van der Waals surface area contributed by atoms with Gasteiger partial charge in [-0.1, -0.05) is 0 Å². The molecule has 1 aliphatic heterocycles. The minimum absolute atomic E-state index is 0.0448. The van der Waals surface area contributed by atoms with Gasteiger partial charge in [-0.2, -0.15) is 0 Å². The predicted molar refractivity (Wildman–Crippen MR) is 62.5 cm³/mol. The standard InChI is InChI=1S/C10H20N2O3S/c1-9-5-3-4-8-12(9)10(13)6-7-11-16(2,14)15/h9,11H,3-8H2,1-2H3. The summed E-state index contributed by atoms with van der Waals surface area (Å²) in [6.45, 7) is 3.04. The molecule has 0 aromatic rings. The Labute approximate surface area is 97.2 Å². The Morgan fingerprint density at radius 2 is 2.12 bits per heavy atom. The van der Waals surface area contributed by atoms with Gasteiger partial charge in [0.1, 0.15) is 0 Å². The second-order valence-electron chi connectivity index (χ2n) is 4.35. The van der Waals surface area contributed by atoms with Gasteiger partial charge in [0.15, 0.2) is 0 Å². The van der Waals surface area contributed by atoms with Gasteiger partial charge in [-0.05, 0) is 26.2 Å². The lowest BCUT2D eigenvalue weighted by molar-refractivity contribution is -0.134. The number of carbonyl (C=O) groups is 1. The monoisotopic (exact) mass is 248 g/mol. The second-order valence-corrected chi connectivity index (χ2v) is 6.18. The van der Waals surface area contributed by atoms with Gasteiger partial charge in [-0.25, -0.2) is 13.1 Å². The number of hydrogen-bond acceptors (Lipinski definition) is 3. The van der Waals surface area contributed by atoms with E-state index in [1.807, 2.05) is 11.8 Å². The summed E-state index contributed by atoms with van der Waals surface area (Å²) in [7, 11) is -3.18. The Hall–Kier alpha value is -0.620. The van der Waals surface area contributed by atoms with Crippen LogP contribution in [0.5, 0.6) is 0 Å². The summed E-state index contributed by atoms with van der Waals surface area (Å²) in [4.78, 5) is 13.6. The zero-order chi connectivity index (χ0) is 12.2. The van der Waals surface area contributed by atoms with Crippen molar-refractivity contribution in [2.24, 2.45) is 0 Å². The average Bonchev–Trinajstić information content (AvgIpc) is 2.16. The zero-order valence-corrected chi connectivity index (χ0v) is 10.7. The molecule has 1 atom stereocenters. The lowest BCUT2D eigenvalue weighted by atomic mass is 10.0. The third-order valence-corrected chi connectivity index (χ3v) is 3.55. The highest BCUT2D eigenvalue weighted by Crippen LogP contribution is 2.16. The van der Waals surface area contributed by atoms with Crippen molar-refractivity contribution in [3.63, 3.8) is 0 Å². The Morgan fingerprint density at radius 3 is 2.69 bits per heavy atom. The molecule has 1 saturated heterocycles. The summed E-state index contributed by atoms with van der Waals surface area (Å²) >= 11 is 0. The second kappa shape index (κ2) is 5.63. The molecule has 1 unspecified atom stereocenters. The van der Waals surface area contributed by atoms with Crippen LogP contribution in [-0.4, -0.2) is 44.6 Å². The number of carbonyl (C=O) groups excluding carboxylic acids is 1. The lowest BCUT2D eigenvalue weighted by Gasteiger charge is -2.33. The Morgan fingerprint density at radius 1 is 1.44 bits per heavy atom. The maximum absolute atomic E-state index is 11.8. The van der Waals surface area contributed by atoms with E-state index in [0.29, 0.717) is 6.04 Å². The maximum Gasteiger partial charge on any atom is 0.224 e. The molecule has 1 aliphatic rings. The molecule has 0 aromatic carbocycles. The SMILES string of the molecule is CC1CCCCN1C(=O)CCNS(C)(=O)=O. The van der Waals surface area contributed by atoms with Crippen molar-refractivity contribution in [1.29, 1.82) is 0 Å². The molecule has 1 amide bonds. The molecule has 1 fully saturated rings. The van der Waals surface area contributed by atoms with Crippen molar-refractivity contribution < 1.29 is 13.2 Å². The number of hydrogen-bond donors (Lipinski definition) is 1. The first kappa shape index (κ1) is 13.4. The fourth-order valence-corrected chi connectivity index (χ4v) is 2.43. The summed E-state index contributed by atoms with van der Waals surface area (Å²) in [6.07, 6.45) is 4.62. The minimum atomic E-state index is -3.18. The molecule has 16 heavy (non-hydrogen) atoms. The van der Waals surface area contributed by atoms with Gasteiger partial charge in [0.05, 0.1) is 6.26 Å². The molecular weight excluding hydrogens is 228 g/mol. The van der Waals surface area contributed by atoms with Crippen molar-refractivity contribution in [3.05, 3.63) is 0 Å². The van der Waals surface area contributed by atoms with E-state index < -0.39 is 10.0 Å². The van der Waals surface area contributed by atoms with E-state index in [9.17, 15) is 13.2 Å². The van der Waals surface area contributed by atoms with Crippen LogP contribution in [0.15, 0.2) is 0 Å². The highest BCUT2D eigenvalue weighted by molar-refractivity contribution is 7.88. The first-order chi connectivity index (χ1) is 7.40. The fraction of sp³-hybridized carbons (Fsp3) is 0.900. The first-order valence-corrected chi connectivity index (χ1v) is 7.53. The topological polar surface area (TPSA) is 66.5 Å². The van der Waals surface area contributed by atoms with E-state index in [0.717, 1.165) is 25.6 Å². The van der Waals surface area contributed by atoms with Crippen LogP contribution >= 0.6 is 0 Å². The normalized spacial score (nSPS) is 22.1. The van der Waals surface area contributed by atoms with E-state index in [-0.39, 0.29) is 18.9 Å². The molecule has 94 valence electrons. The third kappa shape index (κ3) is 4.49. The van der Waals surface area contributed by atoms with Crippen LogP contribution in [0, 0.1) is 0 Å². The summed E-state index contributed by atoms with van der Waals surface area (Å²) in [6, 6.07) is 0.291. The van der Waals surface area contributed by atoms with Crippen molar-refractivity contribution >= 4 is 15.9 Å². The highest BCUT2D eigenvalue weighted by Gasteiger charge is 2.22. The third-order valence-electron chi connectivity index (χ3n) is 2.83. The van der Waals surface area contributed by atoms with Crippen LogP contribution in [0.25, 0.3) is 0 Å². The van der Waals surface area contributed by atoms with E-state index in [1.165, 1.54) is 6.42 Å². The predicted octanol–water partition coefficient (Wildman–Crippen LogP) is 0.327. The van der Waals surface area contributed by atoms with Gasteiger partial charge in [0.25, 0.3) is 0 Å². The molecule has 1 heterocycles. The fourth-order valence-electron chi connectivity index (χ4n) is 1.96. The Kier molecular flexibility index (Phi) is 4.73. The molecule has 0 spiro atoms. The van der Waals surface area contributed by atoms with Crippen molar-refractivity contribution in [1.82, 2.24) is 9.62 Å². The Bertz CT molecular complexity index is 340. The molecular formula is C10H20N2O3S. The van der Waals surface area contributed by atoms with Gasteiger partial charge in [0, 0.05) is 25.6 Å². The molecule has 0 aliphatic carbocycles. The van der Waals surface area contributed by atoms with Gasteiger partial charge in [-0.3, -0.25) is 4.79 Å². The number of piperidine rings is 1. The number of likely N-dealkylation sites (tertiary alicyclic amines) is 1. The first-order valence-electron chi connectivity index (χ1n) is 5.64. The zero-order valence-electron chi connectivity index (χ0n) is 9.90. The summed E-state index contributed by atoms with van der Waals surface area (Å²) in [5, 5.41) is 0. The number of rotatable bonds is 4. The van der Waals surface area contributed by atoms with Crippen LogP contribution in [0.4, 0.5) is 0 Å². The average molecular weight is 248 g/mol. The highest BCUT2D eigenvalue weighted by atomic mass is 32.2. The van der Waals surface area contributed by atoms with Crippen LogP contribution < -0.4 is 4.72 Å². The van der Waals surface area contributed by atoms with E-state index in [4.69, 9.17) is 0 Å². The van der Waals surface area contributed by atoms with Crippen LogP contribution in [-0.2, 0) is 14.8 Å². The smallest absolute Gasteiger partial charge is 0.224 e. The minimum Gasteiger partial charge on any atom is -0.340 e. The number of sulfonamides is 1. The number of amides is 1. The van der Waals surface area contributed by atoms with Crippen LogP contribution in [0.3, 0.4) is 0 Å². The molecule has 0 radical (unpaired) electrons. The number of nitrogens with zero attached hydrogens (tertiary/aromatic N) is 1. The van der Waals surface area contributed by atoms with Crippen molar-refractivity contribution in [3.8, 4) is 0 Å². The van der Waals surface area contributed by atoms with Gasteiger partial charge < -0.3 is 4.90 Å². The van der Waals surface area contributed by atoms with Crippen LogP contribution in [0.1, 0.15) is 32.6 Å². The molecule has 0 saturated carbocycles. The van der Waals surface area contributed by atoms with Gasteiger partial charge in [-0.15, -0.1) is 0 Å². The van der Waals surface area contributed by atoms with Gasteiger partial charge >= 0.3 is 0 Å². The summed E-state index contributed by atoms with van der Waals surface area (Å²) in [5.41, 5.74) is 0. The maximum atomic E-state index is 11.8. The molecule has 5 nitrogen and oxygen atoms in total. The largest absolute Gasteiger partial charge is 0.340 e. The molecule has 0 bridgehead atoms. The van der Waals surface area contributed by atoms with Gasteiger partial charge in [0.2, 0.25) is 15.9 Å². The van der Waals surface area contributed by atoms with Crippen molar-refractivity contribution in [2.75, 3.05) is 19.3 Å². The molecule has 6 heteroatoms. The quantitative estimate of drug-likeness (QED) is 0.779. The van der Waals surface area contributed by atoms with E-state index >= 15 is 0 Å². The van der Waals surface area contributed by atoms with E-state index in [2.05, 4.69) is 4.72 Å². The molecule has 1 rings (SSSR count). The lowest BCUT2D eigenvalue weighted by Crippen LogP contribution is -2.43. The Balaban J connectivity index is 2.34. The number of nitrogens with one attached hydrogen (secondary N) is 1.